The van der Waals surface area contributed by atoms with Crippen molar-refractivity contribution in [1.82, 2.24) is 15.0 Å². The molecule has 5 rings (SSSR count). The Kier molecular flexibility index (Phi) is 3.25. The van der Waals surface area contributed by atoms with Crippen molar-refractivity contribution < 1.29 is 0 Å². The van der Waals surface area contributed by atoms with E-state index in [1.807, 2.05) is 24.4 Å². The van der Waals surface area contributed by atoms with Crippen LogP contribution in [0.5, 0.6) is 0 Å². The summed E-state index contributed by atoms with van der Waals surface area (Å²) in [4.78, 5) is 16.2. The Labute approximate surface area is 146 Å². The summed E-state index contributed by atoms with van der Waals surface area (Å²) in [6, 6.07) is 12.6. The van der Waals surface area contributed by atoms with Crippen molar-refractivity contribution >= 4 is 16.7 Å². The average molecular weight is 331 g/mol. The molecule has 1 spiro atoms. The lowest BCUT2D eigenvalue weighted by Gasteiger charge is -2.38. The number of anilines is 1. The van der Waals surface area contributed by atoms with Crippen molar-refractivity contribution in [2.45, 2.75) is 25.3 Å². The molecule has 1 aliphatic heterocycles. The quantitative estimate of drug-likeness (QED) is 0.782. The summed E-state index contributed by atoms with van der Waals surface area (Å²) in [7, 11) is 0. The van der Waals surface area contributed by atoms with Gasteiger partial charge in [0.15, 0.2) is 0 Å². The van der Waals surface area contributed by atoms with E-state index < -0.39 is 0 Å². The Bertz CT molecular complexity index is 934. The fraction of sp³-hybridized carbons (Fsp3) is 0.350. The van der Waals surface area contributed by atoms with Crippen LogP contribution in [0.3, 0.4) is 0 Å². The molecule has 0 aromatic carbocycles. The highest BCUT2D eigenvalue weighted by molar-refractivity contribution is 5.80. The maximum absolute atomic E-state index is 6.33. The number of fused-ring (bicyclic) bond motifs is 1. The van der Waals surface area contributed by atoms with E-state index in [4.69, 9.17) is 15.7 Å². The SMILES string of the molecule is NC1CCN(c2cccc(-c3ccc4cnccc4n3)n2)CC12CC2. The number of nitrogens with two attached hydrogens (primary N) is 1. The smallest absolute Gasteiger partial charge is 0.129 e. The van der Waals surface area contributed by atoms with Gasteiger partial charge in [-0.2, -0.15) is 0 Å². The van der Waals surface area contributed by atoms with E-state index in [2.05, 4.69) is 28.1 Å². The van der Waals surface area contributed by atoms with Crippen LogP contribution in [-0.2, 0) is 0 Å². The molecule has 0 radical (unpaired) electrons. The molecule has 1 saturated heterocycles. The molecule has 2 fully saturated rings. The van der Waals surface area contributed by atoms with Gasteiger partial charge in [-0.1, -0.05) is 6.07 Å². The monoisotopic (exact) mass is 331 g/mol. The molecule has 25 heavy (non-hydrogen) atoms. The second-order valence-electron chi connectivity index (χ2n) is 7.32. The van der Waals surface area contributed by atoms with E-state index in [0.717, 1.165) is 47.6 Å². The van der Waals surface area contributed by atoms with Gasteiger partial charge in [0.25, 0.3) is 0 Å². The Balaban J connectivity index is 1.48. The first-order valence-electron chi connectivity index (χ1n) is 8.92. The highest BCUT2D eigenvalue weighted by atomic mass is 15.2. The van der Waals surface area contributed by atoms with Gasteiger partial charge in [0.05, 0.1) is 16.9 Å². The number of rotatable bonds is 2. The van der Waals surface area contributed by atoms with Gasteiger partial charge in [-0.05, 0) is 49.6 Å². The largest absolute Gasteiger partial charge is 0.356 e. The molecule has 5 nitrogen and oxygen atoms in total. The first-order valence-corrected chi connectivity index (χ1v) is 8.92. The molecule has 0 bridgehead atoms. The zero-order valence-electron chi connectivity index (χ0n) is 14.1. The molecule has 5 heteroatoms. The molecular weight excluding hydrogens is 310 g/mol. The molecule has 1 unspecified atom stereocenters. The van der Waals surface area contributed by atoms with Crippen molar-refractivity contribution in [3.05, 3.63) is 48.8 Å². The first kappa shape index (κ1) is 14.8. The molecule has 4 heterocycles. The van der Waals surface area contributed by atoms with E-state index in [1.54, 1.807) is 6.20 Å². The summed E-state index contributed by atoms with van der Waals surface area (Å²) in [5.74, 6) is 1.03. The van der Waals surface area contributed by atoms with E-state index in [1.165, 1.54) is 12.8 Å². The van der Waals surface area contributed by atoms with Crippen LogP contribution >= 0.6 is 0 Å². The summed E-state index contributed by atoms with van der Waals surface area (Å²) in [5.41, 5.74) is 9.42. The summed E-state index contributed by atoms with van der Waals surface area (Å²) >= 11 is 0. The predicted molar refractivity (Wildman–Crippen MR) is 99.2 cm³/mol. The topological polar surface area (TPSA) is 67.9 Å². The second kappa shape index (κ2) is 5.49. The lowest BCUT2D eigenvalue weighted by Crippen LogP contribution is -2.48. The molecule has 1 atom stereocenters. The molecule has 0 amide bonds. The number of piperidine rings is 1. The molecule has 1 saturated carbocycles. The van der Waals surface area contributed by atoms with E-state index >= 15 is 0 Å². The molecular formula is C20H21N5. The van der Waals surface area contributed by atoms with Gasteiger partial charge in [0.2, 0.25) is 0 Å². The van der Waals surface area contributed by atoms with Gasteiger partial charge < -0.3 is 10.6 Å². The van der Waals surface area contributed by atoms with Crippen molar-refractivity contribution in [2.75, 3.05) is 18.0 Å². The Hall–Kier alpha value is -2.53. The van der Waals surface area contributed by atoms with Gasteiger partial charge in [-0.3, -0.25) is 4.98 Å². The first-order chi connectivity index (χ1) is 12.2. The van der Waals surface area contributed by atoms with Gasteiger partial charge in [-0.15, -0.1) is 0 Å². The molecule has 2 aliphatic rings. The van der Waals surface area contributed by atoms with Gasteiger partial charge in [0, 0.05) is 42.3 Å². The highest BCUT2D eigenvalue weighted by Crippen LogP contribution is 2.51. The van der Waals surface area contributed by atoms with Gasteiger partial charge in [-0.25, -0.2) is 9.97 Å². The van der Waals surface area contributed by atoms with Crippen molar-refractivity contribution in [3.8, 4) is 11.4 Å². The van der Waals surface area contributed by atoms with Crippen LogP contribution in [0.2, 0.25) is 0 Å². The summed E-state index contributed by atoms with van der Waals surface area (Å²) in [6.45, 7) is 2.01. The van der Waals surface area contributed by atoms with E-state index in [0.29, 0.717) is 11.5 Å². The van der Waals surface area contributed by atoms with Crippen molar-refractivity contribution in [1.29, 1.82) is 0 Å². The van der Waals surface area contributed by atoms with Crippen LogP contribution in [0.15, 0.2) is 48.8 Å². The lowest BCUT2D eigenvalue weighted by molar-refractivity contribution is 0.334. The average Bonchev–Trinajstić information content (AvgIpc) is 3.44. The third-order valence-electron chi connectivity index (χ3n) is 5.70. The fourth-order valence-corrected chi connectivity index (χ4v) is 3.91. The maximum Gasteiger partial charge on any atom is 0.129 e. The van der Waals surface area contributed by atoms with Crippen LogP contribution in [0.4, 0.5) is 5.82 Å². The van der Waals surface area contributed by atoms with E-state index in [9.17, 15) is 0 Å². The van der Waals surface area contributed by atoms with Crippen molar-refractivity contribution in [3.63, 3.8) is 0 Å². The number of aromatic nitrogens is 3. The van der Waals surface area contributed by atoms with Gasteiger partial charge in [0.1, 0.15) is 5.82 Å². The standard InChI is InChI=1S/C20H21N5/c21-18-7-11-25(13-20(18)8-9-20)19-3-1-2-16(24-19)17-5-4-14-12-22-10-6-15(14)23-17/h1-6,10,12,18H,7-9,11,13,21H2. The third-order valence-corrected chi connectivity index (χ3v) is 5.70. The lowest BCUT2D eigenvalue weighted by atomic mass is 9.90. The number of nitrogens with zero attached hydrogens (tertiary/aromatic N) is 4. The van der Waals surface area contributed by atoms with Crippen LogP contribution in [0.1, 0.15) is 19.3 Å². The number of hydrogen-bond acceptors (Lipinski definition) is 5. The molecule has 3 aromatic rings. The second-order valence-corrected chi connectivity index (χ2v) is 7.32. The highest BCUT2D eigenvalue weighted by Gasteiger charge is 2.51. The predicted octanol–water partition coefficient (Wildman–Crippen LogP) is 3.01. The molecule has 1 aliphatic carbocycles. The van der Waals surface area contributed by atoms with Crippen LogP contribution in [0.25, 0.3) is 22.3 Å². The molecule has 2 N–H and O–H groups in total. The van der Waals surface area contributed by atoms with Crippen LogP contribution < -0.4 is 10.6 Å². The zero-order chi connectivity index (χ0) is 16.9. The fourth-order valence-electron chi connectivity index (χ4n) is 3.91. The number of pyridine rings is 3. The molecule has 3 aromatic heterocycles. The summed E-state index contributed by atoms with van der Waals surface area (Å²) in [6.07, 6.45) is 7.17. The zero-order valence-corrected chi connectivity index (χ0v) is 14.1. The Morgan fingerprint density at radius 2 is 1.92 bits per heavy atom. The van der Waals surface area contributed by atoms with Crippen LogP contribution in [0, 0.1) is 5.41 Å². The maximum atomic E-state index is 6.33. The summed E-state index contributed by atoms with van der Waals surface area (Å²) in [5, 5.41) is 1.04. The van der Waals surface area contributed by atoms with Gasteiger partial charge >= 0.3 is 0 Å². The van der Waals surface area contributed by atoms with Crippen molar-refractivity contribution in [2.24, 2.45) is 11.1 Å². The minimum Gasteiger partial charge on any atom is -0.356 e. The normalized spacial score (nSPS) is 21.6. The minimum absolute atomic E-state index is 0.337. The Morgan fingerprint density at radius 1 is 1.04 bits per heavy atom. The van der Waals surface area contributed by atoms with Crippen LogP contribution in [-0.4, -0.2) is 34.1 Å². The molecule has 126 valence electrons. The third kappa shape index (κ3) is 2.55. The van der Waals surface area contributed by atoms with E-state index in [-0.39, 0.29) is 0 Å². The Morgan fingerprint density at radius 3 is 2.80 bits per heavy atom. The number of hydrogen-bond donors (Lipinski definition) is 1. The summed E-state index contributed by atoms with van der Waals surface area (Å²) < 4.78 is 0. The minimum atomic E-state index is 0.337.